The van der Waals surface area contributed by atoms with E-state index >= 15 is 0 Å². The van der Waals surface area contributed by atoms with Gasteiger partial charge >= 0.3 is 13.6 Å². The van der Waals surface area contributed by atoms with Gasteiger partial charge in [-0.25, -0.2) is 4.79 Å². The van der Waals surface area contributed by atoms with E-state index in [1.54, 1.807) is 20.8 Å². The zero-order valence-corrected chi connectivity index (χ0v) is 11.6. The van der Waals surface area contributed by atoms with E-state index in [0.29, 0.717) is 5.57 Å². The lowest BCUT2D eigenvalue weighted by Crippen LogP contribution is -2.31. The van der Waals surface area contributed by atoms with Crippen LogP contribution in [0.1, 0.15) is 47.0 Å². The second-order valence-electron chi connectivity index (χ2n) is 4.04. The summed E-state index contributed by atoms with van der Waals surface area (Å²) in [5.74, 6) is -1.11. The molecule has 0 saturated heterocycles. The van der Waals surface area contributed by atoms with Crippen molar-refractivity contribution in [1.82, 2.24) is 0 Å². The van der Waals surface area contributed by atoms with Gasteiger partial charge in [0.2, 0.25) is 0 Å². The monoisotopic (exact) mass is 264 g/mol. The van der Waals surface area contributed by atoms with Crippen molar-refractivity contribution < 1.29 is 24.3 Å². The van der Waals surface area contributed by atoms with Crippen molar-refractivity contribution in [3.8, 4) is 0 Å². The fourth-order valence-electron chi connectivity index (χ4n) is 2.27. The summed E-state index contributed by atoms with van der Waals surface area (Å²) in [4.78, 5) is 30.1. The van der Waals surface area contributed by atoms with E-state index in [1.807, 2.05) is 0 Å². The van der Waals surface area contributed by atoms with Crippen molar-refractivity contribution in [3.63, 3.8) is 0 Å². The number of hydrogen-bond acceptors (Lipinski definition) is 2. The summed E-state index contributed by atoms with van der Waals surface area (Å²) in [6, 6.07) is 0. The maximum Gasteiger partial charge on any atom is 0.335 e. The average molecular weight is 264 g/mol. The van der Waals surface area contributed by atoms with Crippen molar-refractivity contribution in [2.24, 2.45) is 0 Å². The average Bonchev–Trinajstić information content (AvgIpc) is 2.18. The summed E-state index contributed by atoms with van der Waals surface area (Å²) < 4.78 is 11.7. The molecule has 0 heterocycles. The molecule has 0 aliphatic carbocycles. The molecule has 0 atom stereocenters. The van der Waals surface area contributed by atoms with Gasteiger partial charge in [-0.1, -0.05) is 20.8 Å². The van der Waals surface area contributed by atoms with Crippen molar-refractivity contribution in [3.05, 3.63) is 11.1 Å². The Labute approximate surface area is 102 Å². The molecule has 3 N–H and O–H groups in total. The van der Waals surface area contributed by atoms with E-state index in [1.165, 1.54) is 6.92 Å². The topological polar surface area (TPSA) is 94.8 Å². The molecule has 0 bridgehead atoms. The van der Waals surface area contributed by atoms with Gasteiger partial charge in [-0.3, -0.25) is 4.57 Å². The van der Waals surface area contributed by atoms with Gasteiger partial charge in [-0.05, 0) is 31.8 Å². The molecular formula is C11H21O5P. The van der Waals surface area contributed by atoms with Crippen LogP contribution in [0.5, 0.6) is 0 Å². The molecule has 0 fully saturated rings. The summed E-state index contributed by atoms with van der Waals surface area (Å²) in [6.07, 6.45) is 0.690. The molecule has 0 saturated carbocycles. The number of aliphatic carboxylic acids is 1. The van der Waals surface area contributed by atoms with Crippen LogP contribution in [0.3, 0.4) is 0 Å². The summed E-state index contributed by atoms with van der Waals surface area (Å²) in [5, 5.41) is 7.70. The quantitative estimate of drug-likeness (QED) is 0.506. The Bertz CT molecular complexity index is 362. The van der Waals surface area contributed by atoms with Crippen LogP contribution in [-0.4, -0.2) is 26.0 Å². The third kappa shape index (κ3) is 2.97. The molecule has 0 rings (SSSR count). The van der Waals surface area contributed by atoms with E-state index in [9.17, 15) is 19.1 Å². The van der Waals surface area contributed by atoms with Crippen LogP contribution < -0.4 is 0 Å². The second kappa shape index (κ2) is 5.80. The van der Waals surface area contributed by atoms with Crippen LogP contribution in [0.4, 0.5) is 0 Å². The first kappa shape index (κ1) is 16.4. The first-order valence-electron chi connectivity index (χ1n) is 5.67. The Kier molecular flexibility index (Phi) is 5.59. The molecule has 0 aliphatic heterocycles. The van der Waals surface area contributed by atoms with Gasteiger partial charge in [0, 0.05) is 5.57 Å². The Hall–Kier alpha value is -0.640. The standard InChI is InChI=1S/C11H21O5P/c1-5-9(10(12)13)8(4)11(6-2,7-3)17(14,15)16/h5-7H2,1-4H3,(H,12,13)(H2,14,15,16). The molecule has 0 aromatic rings. The number of carboxylic acids is 1. The molecule has 0 aromatic carbocycles. The number of allylic oxidation sites excluding steroid dienone is 1. The second-order valence-corrected chi connectivity index (χ2v) is 5.99. The van der Waals surface area contributed by atoms with Crippen molar-refractivity contribution >= 4 is 13.6 Å². The fourth-order valence-corrected chi connectivity index (χ4v) is 3.66. The molecular weight excluding hydrogens is 243 g/mol. The Morgan fingerprint density at radius 3 is 1.76 bits per heavy atom. The summed E-state index contributed by atoms with van der Waals surface area (Å²) in [5.41, 5.74) is 0.392. The number of hydrogen-bond donors (Lipinski definition) is 3. The van der Waals surface area contributed by atoms with Gasteiger partial charge in [-0.15, -0.1) is 0 Å². The van der Waals surface area contributed by atoms with E-state index in [2.05, 4.69) is 0 Å². The normalized spacial score (nSPS) is 14.5. The molecule has 100 valence electrons. The Morgan fingerprint density at radius 2 is 1.59 bits per heavy atom. The molecule has 0 spiro atoms. The minimum atomic E-state index is -4.39. The lowest BCUT2D eigenvalue weighted by Gasteiger charge is -2.34. The minimum absolute atomic E-state index is 0.0945. The van der Waals surface area contributed by atoms with E-state index in [4.69, 9.17) is 5.11 Å². The third-order valence-electron chi connectivity index (χ3n) is 3.49. The number of carbonyl (C=O) groups is 1. The zero-order chi connectivity index (χ0) is 13.9. The van der Waals surface area contributed by atoms with Crippen LogP contribution in [0.2, 0.25) is 0 Å². The number of carboxylic acid groups (broad SMARTS) is 1. The summed E-state index contributed by atoms with van der Waals surface area (Å²) in [6.45, 7) is 6.52. The molecule has 0 amide bonds. The molecule has 17 heavy (non-hydrogen) atoms. The molecule has 0 unspecified atom stereocenters. The molecule has 0 radical (unpaired) electrons. The van der Waals surface area contributed by atoms with Crippen LogP contribution >= 0.6 is 7.60 Å². The summed E-state index contributed by atoms with van der Waals surface area (Å²) in [7, 11) is -4.39. The number of rotatable bonds is 6. The largest absolute Gasteiger partial charge is 0.478 e. The van der Waals surface area contributed by atoms with Gasteiger partial charge < -0.3 is 14.9 Å². The van der Waals surface area contributed by atoms with Crippen molar-refractivity contribution in [1.29, 1.82) is 0 Å². The van der Waals surface area contributed by atoms with E-state index < -0.39 is 18.7 Å². The lowest BCUT2D eigenvalue weighted by molar-refractivity contribution is -0.132. The smallest absolute Gasteiger partial charge is 0.335 e. The maximum atomic E-state index is 11.7. The molecule has 5 nitrogen and oxygen atoms in total. The predicted octanol–water partition coefficient (Wildman–Crippen LogP) is 2.53. The zero-order valence-electron chi connectivity index (χ0n) is 10.7. The Morgan fingerprint density at radius 1 is 1.18 bits per heavy atom. The third-order valence-corrected chi connectivity index (χ3v) is 5.57. The van der Waals surface area contributed by atoms with Crippen LogP contribution in [-0.2, 0) is 9.36 Å². The predicted molar refractivity (Wildman–Crippen MR) is 66.0 cm³/mol. The van der Waals surface area contributed by atoms with Crippen LogP contribution in [0, 0.1) is 0 Å². The van der Waals surface area contributed by atoms with Gasteiger partial charge in [0.1, 0.15) is 0 Å². The Balaban J connectivity index is 5.98. The van der Waals surface area contributed by atoms with Gasteiger partial charge in [0.25, 0.3) is 0 Å². The molecule has 6 heteroatoms. The fraction of sp³-hybridized carbons (Fsp3) is 0.727. The highest BCUT2D eigenvalue weighted by Crippen LogP contribution is 2.58. The van der Waals surface area contributed by atoms with Gasteiger partial charge in [0.05, 0.1) is 5.16 Å². The van der Waals surface area contributed by atoms with Crippen LogP contribution in [0.15, 0.2) is 11.1 Å². The SMILES string of the molecule is CCC(C(=O)O)=C(C)C(CC)(CC)P(=O)(O)O. The van der Waals surface area contributed by atoms with E-state index in [-0.39, 0.29) is 24.8 Å². The highest BCUT2D eigenvalue weighted by molar-refractivity contribution is 7.53. The maximum absolute atomic E-state index is 11.7. The molecule has 0 aromatic heterocycles. The van der Waals surface area contributed by atoms with Crippen molar-refractivity contribution in [2.45, 2.75) is 52.1 Å². The first-order chi connectivity index (χ1) is 7.67. The highest BCUT2D eigenvalue weighted by Gasteiger charge is 2.46. The van der Waals surface area contributed by atoms with Gasteiger partial charge in [0.15, 0.2) is 0 Å². The minimum Gasteiger partial charge on any atom is -0.478 e. The first-order valence-corrected chi connectivity index (χ1v) is 7.28. The highest BCUT2D eigenvalue weighted by atomic mass is 31.2. The van der Waals surface area contributed by atoms with Crippen molar-refractivity contribution in [2.75, 3.05) is 0 Å². The molecule has 0 aliphatic rings. The van der Waals surface area contributed by atoms with Crippen LogP contribution in [0.25, 0.3) is 0 Å². The van der Waals surface area contributed by atoms with E-state index in [0.717, 1.165) is 0 Å². The lowest BCUT2D eigenvalue weighted by atomic mass is 9.89. The van der Waals surface area contributed by atoms with Gasteiger partial charge in [-0.2, -0.15) is 0 Å². The summed E-state index contributed by atoms with van der Waals surface area (Å²) >= 11 is 0.